The maximum atomic E-state index is 12.3. The summed E-state index contributed by atoms with van der Waals surface area (Å²) in [5, 5.41) is 4.75. The van der Waals surface area contributed by atoms with Gasteiger partial charge in [0.2, 0.25) is 0 Å². The summed E-state index contributed by atoms with van der Waals surface area (Å²) in [5.74, 6) is 0.205. The van der Waals surface area contributed by atoms with E-state index < -0.39 is 6.04 Å². The maximum absolute atomic E-state index is 12.3. The van der Waals surface area contributed by atoms with Gasteiger partial charge in [-0.25, -0.2) is 0 Å². The van der Waals surface area contributed by atoms with Crippen LogP contribution in [-0.2, 0) is 9.53 Å². The molecular weight excluding hydrogens is 326 g/mol. The van der Waals surface area contributed by atoms with Gasteiger partial charge in [-0.2, -0.15) is 0 Å². The molecule has 0 radical (unpaired) electrons. The minimum absolute atomic E-state index is 0.0823. The first-order chi connectivity index (χ1) is 11.6. The number of amides is 1. The zero-order chi connectivity index (χ0) is 17.4. The third kappa shape index (κ3) is 5.09. The average molecular weight is 347 g/mol. The minimum atomic E-state index is -0.450. The Balaban J connectivity index is 2.15. The Morgan fingerprint density at radius 3 is 2.46 bits per heavy atom. The number of benzene rings is 1. The summed E-state index contributed by atoms with van der Waals surface area (Å²) >= 11 is 1.36. The second-order valence-electron chi connectivity index (χ2n) is 5.01. The minimum Gasteiger partial charge on any atom is -0.494 e. The van der Waals surface area contributed by atoms with Crippen LogP contribution in [0.25, 0.3) is 0 Å². The summed E-state index contributed by atoms with van der Waals surface area (Å²) in [4.78, 5) is 24.8. The Morgan fingerprint density at radius 1 is 1.12 bits per heavy atom. The van der Waals surface area contributed by atoms with Crippen molar-refractivity contribution in [1.82, 2.24) is 5.32 Å². The fourth-order valence-electron chi connectivity index (χ4n) is 2.24. The van der Waals surface area contributed by atoms with Crippen molar-refractivity contribution >= 4 is 23.2 Å². The highest BCUT2D eigenvalue weighted by atomic mass is 32.1. The quantitative estimate of drug-likeness (QED) is 0.742. The van der Waals surface area contributed by atoms with Crippen molar-refractivity contribution in [3.8, 4) is 5.75 Å². The highest BCUT2D eigenvalue weighted by molar-refractivity contribution is 7.12. The lowest BCUT2D eigenvalue weighted by Gasteiger charge is -2.18. The maximum Gasteiger partial charge on any atom is 0.308 e. The molecule has 128 valence electrons. The molecule has 1 aromatic heterocycles. The summed E-state index contributed by atoms with van der Waals surface area (Å²) < 4.78 is 10.4. The average Bonchev–Trinajstić information content (AvgIpc) is 3.10. The van der Waals surface area contributed by atoms with Crippen molar-refractivity contribution in [2.45, 2.75) is 26.3 Å². The topological polar surface area (TPSA) is 64.6 Å². The molecule has 0 bridgehead atoms. The molecule has 5 nitrogen and oxygen atoms in total. The molecular formula is C18H21NO4S. The Labute approximate surface area is 145 Å². The van der Waals surface area contributed by atoms with Gasteiger partial charge in [-0.15, -0.1) is 11.3 Å². The second kappa shape index (κ2) is 9.08. The van der Waals surface area contributed by atoms with Gasteiger partial charge >= 0.3 is 5.97 Å². The Morgan fingerprint density at radius 2 is 1.88 bits per heavy atom. The molecule has 1 heterocycles. The number of esters is 1. The van der Waals surface area contributed by atoms with E-state index in [-0.39, 0.29) is 18.3 Å². The number of hydrogen-bond acceptors (Lipinski definition) is 5. The molecule has 24 heavy (non-hydrogen) atoms. The van der Waals surface area contributed by atoms with Gasteiger partial charge < -0.3 is 14.8 Å². The predicted octanol–water partition coefficient (Wildman–Crippen LogP) is 3.57. The number of thiophene rings is 1. The van der Waals surface area contributed by atoms with Gasteiger partial charge in [0.15, 0.2) is 0 Å². The number of carbonyl (C=O) groups excluding carboxylic acids is 2. The summed E-state index contributed by atoms with van der Waals surface area (Å²) in [7, 11) is 0. The van der Waals surface area contributed by atoms with Crippen LogP contribution >= 0.6 is 11.3 Å². The zero-order valence-electron chi connectivity index (χ0n) is 13.8. The van der Waals surface area contributed by atoms with Gasteiger partial charge in [-0.1, -0.05) is 18.2 Å². The first-order valence-corrected chi connectivity index (χ1v) is 8.74. The monoisotopic (exact) mass is 347 g/mol. The highest BCUT2D eigenvalue weighted by Crippen LogP contribution is 2.22. The molecule has 2 rings (SSSR count). The Bertz CT molecular complexity index is 652. The lowest BCUT2D eigenvalue weighted by molar-refractivity contribution is -0.143. The van der Waals surface area contributed by atoms with E-state index in [1.54, 1.807) is 13.0 Å². The molecule has 0 fully saturated rings. The van der Waals surface area contributed by atoms with Crippen LogP contribution < -0.4 is 10.1 Å². The molecule has 0 aliphatic rings. The molecule has 1 N–H and O–H groups in total. The van der Waals surface area contributed by atoms with Crippen LogP contribution in [0.4, 0.5) is 0 Å². The van der Waals surface area contributed by atoms with Gasteiger partial charge in [-0.3, -0.25) is 9.59 Å². The van der Waals surface area contributed by atoms with Crippen molar-refractivity contribution in [3.05, 3.63) is 52.2 Å². The highest BCUT2D eigenvalue weighted by Gasteiger charge is 2.20. The standard InChI is InChI=1S/C18H21NO4S/c1-3-22-14-9-7-13(8-10-14)15(12-17(20)23-4-2)19-18(21)16-6-5-11-24-16/h5-11,15H,3-4,12H2,1-2H3,(H,19,21)/t15-/m0/s1. The van der Waals surface area contributed by atoms with Crippen molar-refractivity contribution in [1.29, 1.82) is 0 Å². The van der Waals surface area contributed by atoms with Gasteiger partial charge in [0.25, 0.3) is 5.91 Å². The van der Waals surface area contributed by atoms with Crippen LogP contribution in [0.5, 0.6) is 5.75 Å². The molecule has 0 unspecified atom stereocenters. The molecule has 6 heteroatoms. The molecule has 0 saturated heterocycles. The molecule has 1 atom stereocenters. The first-order valence-electron chi connectivity index (χ1n) is 7.86. The van der Waals surface area contributed by atoms with Gasteiger partial charge in [0.1, 0.15) is 5.75 Å². The van der Waals surface area contributed by atoms with Crippen molar-refractivity contribution in [3.63, 3.8) is 0 Å². The number of rotatable bonds is 8. The number of carbonyl (C=O) groups is 2. The molecule has 1 aromatic carbocycles. The van der Waals surface area contributed by atoms with Gasteiger partial charge in [0, 0.05) is 0 Å². The van der Waals surface area contributed by atoms with Crippen LogP contribution in [0.3, 0.4) is 0 Å². The molecule has 0 aliphatic heterocycles. The van der Waals surface area contributed by atoms with Crippen molar-refractivity contribution < 1.29 is 19.1 Å². The summed E-state index contributed by atoms with van der Waals surface area (Å²) in [6.45, 7) is 4.57. The SMILES string of the molecule is CCOC(=O)C[C@H](NC(=O)c1cccs1)c1ccc(OCC)cc1. The van der Waals surface area contributed by atoms with E-state index in [1.807, 2.05) is 42.6 Å². The summed E-state index contributed by atoms with van der Waals surface area (Å²) in [6.07, 6.45) is 0.0823. The lowest BCUT2D eigenvalue weighted by atomic mass is 10.0. The third-order valence-electron chi connectivity index (χ3n) is 3.32. The lowest BCUT2D eigenvalue weighted by Crippen LogP contribution is -2.30. The van der Waals surface area contributed by atoms with E-state index in [9.17, 15) is 9.59 Å². The van der Waals surface area contributed by atoms with Gasteiger partial charge in [-0.05, 0) is 43.0 Å². The van der Waals surface area contributed by atoms with Crippen molar-refractivity contribution in [2.75, 3.05) is 13.2 Å². The molecule has 1 amide bonds. The van der Waals surface area contributed by atoms with Crippen LogP contribution in [0.2, 0.25) is 0 Å². The fourth-order valence-corrected chi connectivity index (χ4v) is 2.87. The third-order valence-corrected chi connectivity index (χ3v) is 4.19. The van der Waals surface area contributed by atoms with E-state index >= 15 is 0 Å². The largest absolute Gasteiger partial charge is 0.494 e. The van der Waals surface area contributed by atoms with Gasteiger partial charge in [0.05, 0.1) is 30.6 Å². The van der Waals surface area contributed by atoms with Crippen LogP contribution in [0.1, 0.15) is 41.5 Å². The Hall–Kier alpha value is -2.34. The Kier molecular flexibility index (Phi) is 6.81. The molecule has 0 spiro atoms. The fraction of sp³-hybridized carbons (Fsp3) is 0.333. The molecule has 0 aliphatic carbocycles. The second-order valence-corrected chi connectivity index (χ2v) is 5.96. The first kappa shape index (κ1) is 18.0. The van der Waals surface area contributed by atoms with E-state index in [1.165, 1.54) is 11.3 Å². The predicted molar refractivity (Wildman–Crippen MR) is 93.4 cm³/mol. The van der Waals surface area contributed by atoms with Crippen LogP contribution in [0, 0.1) is 0 Å². The van der Waals surface area contributed by atoms with E-state index in [4.69, 9.17) is 9.47 Å². The number of ether oxygens (including phenoxy) is 2. The summed E-state index contributed by atoms with van der Waals surface area (Å²) in [5.41, 5.74) is 0.830. The normalized spacial score (nSPS) is 11.6. The molecule has 0 saturated carbocycles. The number of nitrogens with one attached hydrogen (secondary N) is 1. The van der Waals surface area contributed by atoms with E-state index in [0.717, 1.165) is 11.3 Å². The van der Waals surface area contributed by atoms with Crippen molar-refractivity contribution in [2.24, 2.45) is 0 Å². The number of hydrogen-bond donors (Lipinski definition) is 1. The van der Waals surface area contributed by atoms with E-state index in [0.29, 0.717) is 18.1 Å². The summed E-state index contributed by atoms with van der Waals surface area (Å²) in [6, 6.07) is 10.5. The van der Waals surface area contributed by atoms with Crippen LogP contribution in [0.15, 0.2) is 41.8 Å². The zero-order valence-corrected chi connectivity index (χ0v) is 14.6. The van der Waals surface area contributed by atoms with E-state index in [2.05, 4.69) is 5.32 Å². The smallest absolute Gasteiger partial charge is 0.308 e. The molecule has 2 aromatic rings. The van der Waals surface area contributed by atoms with Crippen LogP contribution in [-0.4, -0.2) is 25.1 Å².